The molecule has 0 aliphatic heterocycles. The first-order valence-corrected chi connectivity index (χ1v) is 7.07. The third kappa shape index (κ3) is 2.74. The molecule has 1 aliphatic carbocycles. The molecule has 100 valence electrons. The lowest BCUT2D eigenvalue weighted by Crippen LogP contribution is -2.28. The topological polar surface area (TPSA) is 12.0 Å². The van der Waals surface area contributed by atoms with E-state index >= 15 is 0 Å². The molecule has 1 fully saturated rings. The second kappa shape index (κ2) is 5.83. The van der Waals surface area contributed by atoms with Crippen molar-refractivity contribution in [3.05, 3.63) is 34.6 Å². The summed E-state index contributed by atoms with van der Waals surface area (Å²) in [5.41, 5.74) is 2.97. The van der Waals surface area contributed by atoms with Crippen LogP contribution in [0.15, 0.2) is 12.1 Å². The molecule has 1 aliphatic rings. The van der Waals surface area contributed by atoms with Crippen LogP contribution in [0.1, 0.15) is 54.8 Å². The number of hydrogen-bond acceptors (Lipinski definition) is 1. The molecule has 1 aromatic rings. The zero-order chi connectivity index (χ0) is 13.1. The van der Waals surface area contributed by atoms with Gasteiger partial charge in [0.2, 0.25) is 0 Å². The summed E-state index contributed by atoms with van der Waals surface area (Å²) >= 11 is 0. The van der Waals surface area contributed by atoms with Crippen molar-refractivity contribution in [3.63, 3.8) is 0 Å². The van der Waals surface area contributed by atoms with Crippen LogP contribution in [-0.4, -0.2) is 7.05 Å². The van der Waals surface area contributed by atoms with Gasteiger partial charge in [0.05, 0.1) is 0 Å². The molecule has 1 atom stereocenters. The third-order valence-electron chi connectivity index (χ3n) is 4.22. The largest absolute Gasteiger partial charge is 0.313 e. The van der Waals surface area contributed by atoms with E-state index in [9.17, 15) is 4.39 Å². The van der Waals surface area contributed by atoms with E-state index in [1.807, 2.05) is 20.9 Å². The fourth-order valence-corrected chi connectivity index (χ4v) is 3.40. The van der Waals surface area contributed by atoms with Crippen LogP contribution in [0.5, 0.6) is 0 Å². The van der Waals surface area contributed by atoms with Crippen molar-refractivity contribution in [2.45, 2.75) is 52.0 Å². The highest BCUT2D eigenvalue weighted by Gasteiger charge is 2.27. The lowest BCUT2D eigenvalue weighted by molar-refractivity contribution is 0.276. The number of nitrogens with one attached hydrogen (secondary N) is 1. The minimum absolute atomic E-state index is 0.0441. The quantitative estimate of drug-likeness (QED) is 0.843. The lowest BCUT2D eigenvalue weighted by Gasteiger charge is -2.31. The van der Waals surface area contributed by atoms with Crippen molar-refractivity contribution < 1.29 is 4.39 Å². The highest BCUT2D eigenvalue weighted by atomic mass is 19.1. The van der Waals surface area contributed by atoms with Gasteiger partial charge in [-0.05, 0) is 56.8 Å². The molecule has 1 nitrogen and oxygen atoms in total. The summed E-state index contributed by atoms with van der Waals surface area (Å²) in [5, 5.41) is 3.35. The van der Waals surface area contributed by atoms with Crippen LogP contribution in [-0.2, 0) is 0 Å². The number of halogens is 1. The predicted octanol–water partition coefficient (Wildman–Crippen LogP) is 4.28. The molecular formula is C16H24FN. The smallest absolute Gasteiger partial charge is 0.128 e. The van der Waals surface area contributed by atoms with Crippen LogP contribution in [0.2, 0.25) is 0 Å². The number of aryl methyl sites for hydroxylation is 2. The zero-order valence-corrected chi connectivity index (χ0v) is 11.7. The molecule has 0 spiro atoms. The van der Waals surface area contributed by atoms with Crippen molar-refractivity contribution >= 4 is 0 Å². The Balaban J connectivity index is 2.32. The molecule has 1 aromatic carbocycles. The molecule has 0 radical (unpaired) electrons. The molecule has 0 saturated heterocycles. The first-order valence-electron chi connectivity index (χ1n) is 7.07. The van der Waals surface area contributed by atoms with Gasteiger partial charge in [-0.25, -0.2) is 4.39 Å². The van der Waals surface area contributed by atoms with E-state index in [0.29, 0.717) is 5.92 Å². The van der Waals surface area contributed by atoms with E-state index in [2.05, 4.69) is 11.4 Å². The fraction of sp³-hybridized carbons (Fsp3) is 0.625. The molecule has 0 amide bonds. The summed E-state index contributed by atoms with van der Waals surface area (Å²) in [6.07, 6.45) is 6.35. The Morgan fingerprint density at radius 3 is 2.39 bits per heavy atom. The summed E-state index contributed by atoms with van der Waals surface area (Å²) in [7, 11) is 1.96. The van der Waals surface area contributed by atoms with Crippen molar-refractivity contribution in [1.29, 1.82) is 0 Å². The maximum absolute atomic E-state index is 14.3. The van der Waals surface area contributed by atoms with Crippen LogP contribution in [0.4, 0.5) is 4.39 Å². The minimum Gasteiger partial charge on any atom is -0.313 e. The van der Waals surface area contributed by atoms with Gasteiger partial charge in [-0.2, -0.15) is 0 Å². The van der Waals surface area contributed by atoms with Gasteiger partial charge in [0.15, 0.2) is 0 Å². The van der Waals surface area contributed by atoms with E-state index in [4.69, 9.17) is 0 Å². The molecule has 0 bridgehead atoms. The Kier molecular flexibility index (Phi) is 4.39. The van der Waals surface area contributed by atoms with E-state index in [-0.39, 0.29) is 11.9 Å². The van der Waals surface area contributed by atoms with Crippen LogP contribution in [0, 0.1) is 25.6 Å². The van der Waals surface area contributed by atoms with Crippen LogP contribution >= 0.6 is 0 Å². The van der Waals surface area contributed by atoms with E-state index in [1.54, 1.807) is 6.07 Å². The van der Waals surface area contributed by atoms with E-state index in [0.717, 1.165) is 16.7 Å². The van der Waals surface area contributed by atoms with Crippen molar-refractivity contribution in [2.75, 3.05) is 7.05 Å². The zero-order valence-electron chi connectivity index (χ0n) is 11.7. The highest BCUT2D eigenvalue weighted by molar-refractivity contribution is 5.34. The van der Waals surface area contributed by atoms with Gasteiger partial charge >= 0.3 is 0 Å². The van der Waals surface area contributed by atoms with Crippen LogP contribution in [0.25, 0.3) is 0 Å². The summed E-state index contributed by atoms with van der Waals surface area (Å²) in [6.45, 7) is 3.98. The van der Waals surface area contributed by atoms with Gasteiger partial charge in [-0.15, -0.1) is 0 Å². The summed E-state index contributed by atoms with van der Waals surface area (Å²) < 4.78 is 14.3. The third-order valence-corrected chi connectivity index (χ3v) is 4.22. The monoisotopic (exact) mass is 249 g/mol. The Hall–Kier alpha value is -0.890. The molecule has 1 unspecified atom stereocenters. The average Bonchev–Trinajstić information content (AvgIpc) is 2.34. The minimum atomic E-state index is -0.0441. The molecule has 2 heteroatoms. The van der Waals surface area contributed by atoms with Crippen molar-refractivity contribution in [3.8, 4) is 0 Å². The molecule has 1 N–H and O–H groups in total. The number of benzene rings is 1. The van der Waals surface area contributed by atoms with Gasteiger partial charge in [-0.1, -0.05) is 25.3 Å². The summed E-state index contributed by atoms with van der Waals surface area (Å²) in [5.74, 6) is 0.539. The van der Waals surface area contributed by atoms with Gasteiger partial charge in [-0.3, -0.25) is 0 Å². The van der Waals surface area contributed by atoms with Gasteiger partial charge < -0.3 is 5.32 Å². The normalized spacial score (nSPS) is 18.9. The molecular weight excluding hydrogens is 225 g/mol. The Morgan fingerprint density at radius 2 is 1.83 bits per heavy atom. The molecule has 0 heterocycles. The van der Waals surface area contributed by atoms with Crippen molar-refractivity contribution in [2.24, 2.45) is 5.92 Å². The van der Waals surface area contributed by atoms with Gasteiger partial charge in [0.1, 0.15) is 5.82 Å². The SMILES string of the molecule is CNC(c1c(C)cc(C)cc1F)C1CCCCC1. The second-order valence-corrected chi connectivity index (χ2v) is 5.64. The van der Waals surface area contributed by atoms with E-state index < -0.39 is 0 Å². The van der Waals surface area contributed by atoms with Gasteiger partial charge in [0.25, 0.3) is 0 Å². The molecule has 2 rings (SSSR count). The molecule has 18 heavy (non-hydrogen) atoms. The van der Waals surface area contributed by atoms with Crippen LogP contribution < -0.4 is 5.32 Å². The Labute approximate surface area is 110 Å². The fourth-order valence-electron chi connectivity index (χ4n) is 3.40. The molecule has 0 aromatic heterocycles. The second-order valence-electron chi connectivity index (χ2n) is 5.64. The Morgan fingerprint density at radius 1 is 1.17 bits per heavy atom. The summed E-state index contributed by atoms with van der Waals surface area (Å²) in [4.78, 5) is 0. The first-order chi connectivity index (χ1) is 8.63. The Bertz CT molecular complexity index is 385. The molecule has 1 saturated carbocycles. The lowest BCUT2D eigenvalue weighted by atomic mass is 9.80. The average molecular weight is 249 g/mol. The highest BCUT2D eigenvalue weighted by Crippen LogP contribution is 2.36. The maximum atomic E-state index is 14.3. The maximum Gasteiger partial charge on any atom is 0.128 e. The predicted molar refractivity (Wildman–Crippen MR) is 74.2 cm³/mol. The number of rotatable bonds is 3. The van der Waals surface area contributed by atoms with Gasteiger partial charge in [0, 0.05) is 11.6 Å². The van der Waals surface area contributed by atoms with Crippen molar-refractivity contribution in [1.82, 2.24) is 5.32 Å². The van der Waals surface area contributed by atoms with Crippen LogP contribution in [0.3, 0.4) is 0 Å². The summed E-state index contributed by atoms with van der Waals surface area (Å²) in [6, 6.07) is 3.92. The standard InChI is InChI=1S/C16H24FN/c1-11-9-12(2)15(14(17)10-11)16(18-3)13-7-5-4-6-8-13/h9-10,13,16,18H,4-8H2,1-3H3. The van der Waals surface area contributed by atoms with E-state index in [1.165, 1.54) is 32.1 Å². The number of hydrogen-bond donors (Lipinski definition) is 1. The first kappa shape index (κ1) is 13.5.